The third-order valence-corrected chi connectivity index (χ3v) is 1.99. The molecule has 0 unspecified atom stereocenters. The predicted octanol–water partition coefficient (Wildman–Crippen LogP) is -1.29. The van der Waals surface area contributed by atoms with E-state index in [1.165, 1.54) is 0 Å². The highest BCUT2D eigenvalue weighted by atomic mass is 16.3. The Labute approximate surface area is 59.2 Å². The van der Waals surface area contributed by atoms with Gasteiger partial charge in [-0.2, -0.15) is 0 Å². The number of aliphatic hydroxyl groups is 1. The van der Waals surface area contributed by atoms with Crippen molar-refractivity contribution in [2.45, 2.75) is 30.9 Å². The Morgan fingerprint density at radius 2 is 2.30 bits per heavy atom. The van der Waals surface area contributed by atoms with Crippen molar-refractivity contribution in [1.29, 1.82) is 0 Å². The Kier molecular flexibility index (Phi) is 1.66. The molecule has 1 rings (SSSR count). The molecule has 1 amide bonds. The van der Waals surface area contributed by atoms with Crippen LogP contribution in [0.15, 0.2) is 0 Å². The lowest BCUT2D eigenvalue weighted by Gasteiger charge is -2.16. The van der Waals surface area contributed by atoms with E-state index in [1.807, 2.05) is 0 Å². The molecular formula is C6H12N2O2. The molecule has 4 heteroatoms. The molecule has 10 heavy (non-hydrogen) atoms. The Morgan fingerprint density at radius 1 is 1.70 bits per heavy atom. The van der Waals surface area contributed by atoms with Crippen LogP contribution in [0.4, 0.5) is 0 Å². The third-order valence-electron chi connectivity index (χ3n) is 1.99. The lowest BCUT2D eigenvalue weighted by Crippen LogP contribution is -2.42. The molecule has 4 nitrogen and oxygen atoms in total. The van der Waals surface area contributed by atoms with Gasteiger partial charge in [-0.15, -0.1) is 0 Å². The summed E-state index contributed by atoms with van der Waals surface area (Å²) in [4.78, 5) is 10.6. The minimum absolute atomic E-state index is 0.0718. The van der Waals surface area contributed by atoms with Gasteiger partial charge < -0.3 is 16.6 Å². The SMILES string of the molecule is NC(=O)[C@]1(O)CC[C@@H](N)C1. The molecule has 5 N–H and O–H groups in total. The lowest BCUT2D eigenvalue weighted by atomic mass is 10.0. The van der Waals surface area contributed by atoms with Crippen LogP contribution in [0, 0.1) is 0 Å². The molecule has 0 heterocycles. The zero-order valence-electron chi connectivity index (χ0n) is 5.71. The second kappa shape index (κ2) is 2.21. The molecule has 58 valence electrons. The summed E-state index contributed by atoms with van der Waals surface area (Å²) in [5.41, 5.74) is 9.11. The van der Waals surface area contributed by atoms with Gasteiger partial charge in [0.05, 0.1) is 0 Å². The van der Waals surface area contributed by atoms with Gasteiger partial charge in [-0.3, -0.25) is 4.79 Å². The van der Waals surface area contributed by atoms with Crippen LogP contribution in [0.3, 0.4) is 0 Å². The smallest absolute Gasteiger partial charge is 0.249 e. The number of primary amides is 1. The highest BCUT2D eigenvalue weighted by molar-refractivity contribution is 5.83. The molecule has 0 aromatic carbocycles. The van der Waals surface area contributed by atoms with Crippen LogP contribution in [0.1, 0.15) is 19.3 Å². The van der Waals surface area contributed by atoms with Crippen LogP contribution in [0.2, 0.25) is 0 Å². The zero-order chi connectivity index (χ0) is 7.78. The van der Waals surface area contributed by atoms with Crippen molar-refractivity contribution >= 4 is 5.91 Å². The maximum absolute atomic E-state index is 10.6. The molecule has 1 fully saturated rings. The number of hydrogen-bond donors (Lipinski definition) is 3. The first-order valence-corrected chi connectivity index (χ1v) is 3.32. The summed E-state index contributed by atoms with van der Waals surface area (Å²) in [6.07, 6.45) is 1.39. The Balaban J connectivity index is 2.63. The van der Waals surface area contributed by atoms with Gasteiger partial charge in [-0.25, -0.2) is 0 Å². The summed E-state index contributed by atoms with van der Waals surface area (Å²) in [6.45, 7) is 0. The van der Waals surface area contributed by atoms with Crippen molar-refractivity contribution in [3.8, 4) is 0 Å². The zero-order valence-corrected chi connectivity index (χ0v) is 5.71. The van der Waals surface area contributed by atoms with Gasteiger partial charge in [-0.1, -0.05) is 0 Å². The van der Waals surface area contributed by atoms with E-state index >= 15 is 0 Å². The molecule has 0 saturated heterocycles. The molecule has 1 aliphatic rings. The number of carbonyl (C=O) groups excluding carboxylic acids is 1. The Bertz CT molecular complexity index is 160. The highest BCUT2D eigenvalue weighted by Crippen LogP contribution is 2.27. The van der Waals surface area contributed by atoms with E-state index < -0.39 is 11.5 Å². The van der Waals surface area contributed by atoms with Gasteiger partial charge in [0.1, 0.15) is 5.60 Å². The number of amides is 1. The molecule has 2 atom stereocenters. The van der Waals surface area contributed by atoms with Crippen LogP contribution < -0.4 is 11.5 Å². The quantitative estimate of drug-likeness (QED) is 0.428. The van der Waals surface area contributed by atoms with Crippen LogP contribution in [0.25, 0.3) is 0 Å². The number of hydrogen-bond acceptors (Lipinski definition) is 3. The largest absolute Gasteiger partial charge is 0.380 e. The number of rotatable bonds is 1. The second-order valence-electron chi connectivity index (χ2n) is 2.90. The van der Waals surface area contributed by atoms with Gasteiger partial charge in [0, 0.05) is 12.5 Å². The third kappa shape index (κ3) is 1.12. The van der Waals surface area contributed by atoms with Crippen LogP contribution in [-0.4, -0.2) is 22.7 Å². The minimum atomic E-state index is -1.32. The summed E-state index contributed by atoms with van der Waals surface area (Å²) < 4.78 is 0. The standard InChI is InChI=1S/C6H12N2O2/c7-4-1-2-6(10,3-4)5(8)9/h4,10H,1-3,7H2,(H2,8,9)/t4-,6+/m1/s1. The van der Waals surface area contributed by atoms with Gasteiger partial charge >= 0.3 is 0 Å². The summed E-state index contributed by atoms with van der Waals surface area (Å²) in [6, 6.07) is -0.0718. The number of nitrogens with two attached hydrogens (primary N) is 2. The van der Waals surface area contributed by atoms with Crippen LogP contribution in [-0.2, 0) is 4.79 Å². The van der Waals surface area contributed by atoms with E-state index in [1.54, 1.807) is 0 Å². The fourth-order valence-electron chi connectivity index (χ4n) is 1.29. The van der Waals surface area contributed by atoms with E-state index in [2.05, 4.69) is 0 Å². The Hall–Kier alpha value is -0.610. The van der Waals surface area contributed by atoms with Gasteiger partial charge in [0.2, 0.25) is 5.91 Å². The predicted molar refractivity (Wildman–Crippen MR) is 36.0 cm³/mol. The molecule has 1 saturated carbocycles. The fourth-order valence-corrected chi connectivity index (χ4v) is 1.29. The van der Waals surface area contributed by atoms with E-state index in [4.69, 9.17) is 11.5 Å². The first kappa shape index (κ1) is 7.50. The summed E-state index contributed by atoms with van der Waals surface area (Å²) >= 11 is 0. The molecule has 0 spiro atoms. The normalized spacial score (nSPS) is 40.0. The maximum Gasteiger partial charge on any atom is 0.249 e. The van der Waals surface area contributed by atoms with E-state index in [0.717, 1.165) is 0 Å². The van der Waals surface area contributed by atoms with E-state index in [9.17, 15) is 9.90 Å². The van der Waals surface area contributed by atoms with Crippen molar-refractivity contribution in [3.05, 3.63) is 0 Å². The van der Waals surface area contributed by atoms with Crippen molar-refractivity contribution in [2.24, 2.45) is 11.5 Å². The molecule has 0 bridgehead atoms. The Morgan fingerprint density at radius 3 is 2.50 bits per heavy atom. The molecular weight excluding hydrogens is 132 g/mol. The molecule has 0 aromatic heterocycles. The molecule has 0 aliphatic heterocycles. The van der Waals surface area contributed by atoms with Gasteiger partial charge in [0.25, 0.3) is 0 Å². The van der Waals surface area contributed by atoms with E-state index in [0.29, 0.717) is 19.3 Å². The summed E-state index contributed by atoms with van der Waals surface area (Å²) in [7, 11) is 0. The van der Waals surface area contributed by atoms with Crippen LogP contribution in [0.5, 0.6) is 0 Å². The average molecular weight is 144 g/mol. The minimum Gasteiger partial charge on any atom is -0.380 e. The van der Waals surface area contributed by atoms with Gasteiger partial charge in [0.15, 0.2) is 0 Å². The lowest BCUT2D eigenvalue weighted by molar-refractivity contribution is -0.135. The summed E-state index contributed by atoms with van der Waals surface area (Å²) in [5, 5.41) is 9.38. The van der Waals surface area contributed by atoms with Crippen LogP contribution >= 0.6 is 0 Å². The van der Waals surface area contributed by atoms with Crippen molar-refractivity contribution in [2.75, 3.05) is 0 Å². The first-order valence-electron chi connectivity index (χ1n) is 3.32. The van der Waals surface area contributed by atoms with Crippen molar-refractivity contribution in [3.63, 3.8) is 0 Å². The molecule has 1 aliphatic carbocycles. The van der Waals surface area contributed by atoms with Crippen molar-refractivity contribution in [1.82, 2.24) is 0 Å². The van der Waals surface area contributed by atoms with E-state index in [-0.39, 0.29) is 6.04 Å². The highest BCUT2D eigenvalue weighted by Gasteiger charge is 2.40. The monoisotopic (exact) mass is 144 g/mol. The molecule has 0 aromatic rings. The molecule has 0 radical (unpaired) electrons. The van der Waals surface area contributed by atoms with Gasteiger partial charge in [-0.05, 0) is 12.8 Å². The maximum atomic E-state index is 10.6. The summed E-state index contributed by atoms with van der Waals surface area (Å²) in [5.74, 6) is -0.652. The second-order valence-corrected chi connectivity index (χ2v) is 2.90. The van der Waals surface area contributed by atoms with Crippen molar-refractivity contribution < 1.29 is 9.90 Å². The number of carbonyl (C=O) groups is 1. The average Bonchev–Trinajstić information content (AvgIpc) is 2.13. The fraction of sp³-hybridized carbons (Fsp3) is 0.833. The first-order chi connectivity index (χ1) is 4.54. The topological polar surface area (TPSA) is 89.3 Å².